The Morgan fingerprint density at radius 3 is 2.00 bits per heavy atom. The molecule has 5 heteroatoms. The second-order valence-electron chi connectivity index (χ2n) is 5.84. The van der Waals surface area contributed by atoms with Gasteiger partial charge in [0.05, 0.1) is 18.6 Å². The van der Waals surface area contributed by atoms with Crippen molar-refractivity contribution in [3.05, 3.63) is 0 Å². The molecule has 5 nitrogen and oxygen atoms in total. The van der Waals surface area contributed by atoms with Gasteiger partial charge in [-0.2, -0.15) is 0 Å². The maximum absolute atomic E-state index is 11.4. The fraction of sp³-hybridized carbons (Fsp3) is 0.833. The fourth-order valence-corrected chi connectivity index (χ4v) is 0.723. The lowest BCUT2D eigenvalue weighted by atomic mass is 9.95. The minimum atomic E-state index is -0.996. The van der Waals surface area contributed by atoms with Crippen LogP contribution in [0.3, 0.4) is 0 Å². The Balaban J connectivity index is 3.97. The zero-order valence-corrected chi connectivity index (χ0v) is 11.2. The van der Waals surface area contributed by atoms with Crippen molar-refractivity contribution < 1.29 is 24.2 Å². The van der Waals surface area contributed by atoms with Crippen molar-refractivity contribution in [2.24, 2.45) is 10.8 Å². The van der Waals surface area contributed by atoms with Crippen LogP contribution in [0.25, 0.3) is 0 Å². The molecule has 0 bridgehead atoms. The largest absolute Gasteiger partial charge is 0.463 e. The second-order valence-corrected chi connectivity index (χ2v) is 5.84. The number of rotatable bonds is 5. The van der Waals surface area contributed by atoms with Crippen molar-refractivity contribution in [3.8, 4) is 0 Å². The third-order valence-corrected chi connectivity index (χ3v) is 1.94. The lowest BCUT2D eigenvalue weighted by Gasteiger charge is -2.20. The van der Waals surface area contributed by atoms with Crippen LogP contribution in [0.15, 0.2) is 0 Å². The fourth-order valence-electron chi connectivity index (χ4n) is 0.723. The molecule has 0 saturated carbocycles. The number of ether oxygens (including phenoxy) is 2. The Hall–Kier alpha value is -1.10. The minimum Gasteiger partial charge on any atom is -0.463 e. The molecule has 0 fully saturated rings. The van der Waals surface area contributed by atoms with E-state index in [1.807, 2.05) is 20.8 Å². The molecule has 0 aliphatic heterocycles. The van der Waals surface area contributed by atoms with Gasteiger partial charge >= 0.3 is 11.9 Å². The molecule has 0 unspecified atom stereocenters. The number of aliphatic hydroxyl groups excluding tert-OH is 1. The highest BCUT2D eigenvalue weighted by Crippen LogP contribution is 2.16. The van der Waals surface area contributed by atoms with E-state index in [1.54, 1.807) is 0 Å². The van der Waals surface area contributed by atoms with E-state index in [0.29, 0.717) is 0 Å². The third-order valence-electron chi connectivity index (χ3n) is 1.94. The summed E-state index contributed by atoms with van der Waals surface area (Å²) in [6, 6.07) is 0. The van der Waals surface area contributed by atoms with Gasteiger partial charge in [-0.1, -0.05) is 20.8 Å². The van der Waals surface area contributed by atoms with Crippen LogP contribution in [0.5, 0.6) is 0 Å². The van der Waals surface area contributed by atoms with E-state index >= 15 is 0 Å². The van der Waals surface area contributed by atoms with Gasteiger partial charge in [0.2, 0.25) is 0 Å². The van der Waals surface area contributed by atoms with Crippen LogP contribution in [0.2, 0.25) is 0 Å². The molecule has 17 heavy (non-hydrogen) atoms. The topological polar surface area (TPSA) is 72.8 Å². The summed E-state index contributed by atoms with van der Waals surface area (Å²) in [7, 11) is 0. The Morgan fingerprint density at radius 2 is 1.59 bits per heavy atom. The minimum absolute atomic E-state index is 0.121. The summed E-state index contributed by atoms with van der Waals surface area (Å²) in [4.78, 5) is 22.7. The van der Waals surface area contributed by atoms with Gasteiger partial charge < -0.3 is 14.6 Å². The molecule has 0 aliphatic rings. The molecule has 0 amide bonds. The van der Waals surface area contributed by atoms with Crippen LogP contribution < -0.4 is 0 Å². The standard InChI is InChI=1S/C12H22O5/c1-11(2,3)8-17-9(14)6-16-10(15)12(4,5)7-13/h13H,6-8H2,1-5H3. The zero-order chi connectivity index (χ0) is 13.7. The maximum atomic E-state index is 11.4. The Kier molecular flexibility index (Phi) is 5.61. The van der Waals surface area contributed by atoms with Crippen LogP contribution >= 0.6 is 0 Å². The summed E-state index contributed by atoms with van der Waals surface area (Å²) < 4.78 is 9.68. The quantitative estimate of drug-likeness (QED) is 0.736. The van der Waals surface area contributed by atoms with Gasteiger partial charge in [-0.3, -0.25) is 4.79 Å². The van der Waals surface area contributed by atoms with Crippen LogP contribution in [0.1, 0.15) is 34.6 Å². The van der Waals surface area contributed by atoms with Gasteiger partial charge in [0.25, 0.3) is 0 Å². The first kappa shape index (κ1) is 15.9. The maximum Gasteiger partial charge on any atom is 0.344 e. The van der Waals surface area contributed by atoms with Gasteiger partial charge in [0.15, 0.2) is 6.61 Å². The summed E-state index contributed by atoms with van der Waals surface area (Å²) in [5.41, 5.74) is -1.12. The molecule has 0 heterocycles. The van der Waals surface area contributed by atoms with Gasteiger partial charge in [-0.05, 0) is 19.3 Å². The van der Waals surface area contributed by atoms with Gasteiger partial charge in [-0.15, -0.1) is 0 Å². The molecule has 0 spiro atoms. The first-order valence-electron chi connectivity index (χ1n) is 5.52. The molecule has 0 aromatic carbocycles. The van der Waals surface area contributed by atoms with Crippen molar-refractivity contribution in [1.82, 2.24) is 0 Å². The van der Waals surface area contributed by atoms with Crippen molar-refractivity contribution in [1.29, 1.82) is 0 Å². The first-order valence-corrected chi connectivity index (χ1v) is 5.52. The van der Waals surface area contributed by atoms with Crippen molar-refractivity contribution in [2.75, 3.05) is 19.8 Å². The van der Waals surface area contributed by atoms with Crippen molar-refractivity contribution >= 4 is 11.9 Å². The first-order chi connectivity index (χ1) is 7.58. The number of carbonyl (C=O) groups is 2. The molecule has 100 valence electrons. The molecular formula is C12H22O5. The normalized spacial score (nSPS) is 12.1. The SMILES string of the molecule is CC(C)(C)COC(=O)COC(=O)C(C)(C)CO. The Labute approximate surface area is 102 Å². The summed E-state index contributed by atoms with van der Waals surface area (Å²) >= 11 is 0. The molecule has 0 aromatic rings. The van der Waals surface area contributed by atoms with E-state index < -0.39 is 24.0 Å². The highest BCUT2D eigenvalue weighted by atomic mass is 16.6. The van der Waals surface area contributed by atoms with Crippen LogP contribution in [-0.4, -0.2) is 36.9 Å². The number of esters is 2. The molecular weight excluding hydrogens is 224 g/mol. The molecule has 0 aromatic heterocycles. The van der Waals surface area contributed by atoms with Gasteiger partial charge in [0, 0.05) is 0 Å². The van der Waals surface area contributed by atoms with E-state index in [4.69, 9.17) is 14.6 Å². The highest BCUT2D eigenvalue weighted by Gasteiger charge is 2.29. The van der Waals surface area contributed by atoms with Gasteiger partial charge in [-0.25, -0.2) is 4.79 Å². The second kappa shape index (κ2) is 6.00. The van der Waals surface area contributed by atoms with E-state index in [0.717, 1.165) is 0 Å². The number of carbonyl (C=O) groups excluding carboxylic acids is 2. The molecule has 1 N–H and O–H groups in total. The highest BCUT2D eigenvalue weighted by molar-refractivity contribution is 5.79. The lowest BCUT2D eigenvalue weighted by Crippen LogP contribution is -2.32. The number of hydrogen-bond donors (Lipinski definition) is 1. The summed E-state index contributed by atoms with van der Waals surface area (Å²) in [6.07, 6.45) is 0. The molecule has 0 aliphatic carbocycles. The van der Waals surface area contributed by atoms with Crippen molar-refractivity contribution in [3.63, 3.8) is 0 Å². The third kappa shape index (κ3) is 6.94. The molecule has 0 atom stereocenters. The smallest absolute Gasteiger partial charge is 0.344 e. The van der Waals surface area contributed by atoms with Crippen LogP contribution in [-0.2, 0) is 19.1 Å². The summed E-state index contributed by atoms with van der Waals surface area (Å²) in [5, 5.41) is 8.92. The lowest BCUT2D eigenvalue weighted by molar-refractivity contribution is -0.167. The van der Waals surface area contributed by atoms with E-state index in [2.05, 4.69) is 0 Å². The predicted molar refractivity (Wildman–Crippen MR) is 62.2 cm³/mol. The van der Waals surface area contributed by atoms with Gasteiger partial charge in [0.1, 0.15) is 0 Å². The summed E-state index contributed by atoms with van der Waals surface area (Å²) in [5.74, 6) is -1.20. The van der Waals surface area contributed by atoms with Crippen LogP contribution in [0.4, 0.5) is 0 Å². The monoisotopic (exact) mass is 246 g/mol. The Bertz CT molecular complexity index is 275. The predicted octanol–water partition coefficient (Wildman–Crippen LogP) is 1.14. The Morgan fingerprint density at radius 1 is 1.06 bits per heavy atom. The van der Waals surface area contributed by atoms with E-state index in [9.17, 15) is 9.59 Å². The molecule has 0 rings (SSSR count). The summed E-state index contributed by atoms with van der Waals surface area (Å²) in [6.45, 7) is 8.39. The van der Waals surface area contributed by atoms with Crippen LogP contribution in [0, 0.1) is 10.8 Å². The van der Waals surface area contributed by atoms with E-state index in [1.165, 1.54) is 13.8 Å². The van der Waals surface area contributed by atoms with E-state index in [-0.39, 0.29) is 18.6 Å². The van der Waals surface area contributed by atoms with Crippen molar-refractivity contribution in [2.45, 2.75) is 34.6 Å². The average Bonchev–Trinajstić information content (AvgIpc) is 2.21. The number of aliphatic hydroxyl groups is 1. The number of hydrogen-bond acceptors (Lipinski definition) is 5. The average molecular weight is 246 g/mol. The molecule has 0 radical (unpaired) electrons. The molecule has 0 saturated heterocycles. The zero-order valence-electron chi connectivity index (χ0n) is 11.2.